The molecule has 0 aliphatic rings. The number of anilines is 1. The zero-order valence-corrected chi connectivity index (χ0v) is 9.61. The number of rotatable bonds is 6. The summed E-state index contributed by atoms with van der Waals surface area (Å²) >= 11 is 0. The van der Waals surface area contributed by atoms with Crippen molar-refractivity contribution >= 4 is 5.82 Å². The topological polar surface area (TPSA) is 55.0 Å². The molecule has 4 nitrogen and oxygen atoms in total. The molecule has 1 heterocycles. The molecule has 15 heavy (non-hydrogen) atoms. The second-order valence-corrected chi connectivity index (χ2v) is 3.72. The van der Waals surface area contributed by atoms with Crippen LogP contribution in [-0.4, -0.2) is 29.8 Å². The Morgan fingerprint density at radius 1 is 1.40 bits per heavy atom. The Labute approximate surface area is 91.5 Å². The molecule has 0 aliphatic heterocycles. The van der Waals surface area contributed by atoms with Crippen molar-refractivity contribution in [2.24, 2.45) is 5.73 Å². The molecular weight excluding hydrogens is 188 g/mol. The summed E-state index contributed by atoms with van der Waals surface area (Å²) in [4.78, 5) is 2.20. The maximum atomic E-state index is 5.59. The lowest BCUT2D eigenvalue weighted by Crippen LogP contribution is -2.31. The van der Waals surface area contributed by atoms with E-state index in [1.165, 1.54) is 6.42 Å². The zero-order valence-electron chi connectivity index (χ0n) is 9.61. The van der Waals surface area contributed by atoms with Crippen molar-refractivity contribution in [3.05, 3.63) is 17.8 Å². The second kappa shape index (κ2) is 6.35. The van der Waals surface area contributed by atoms with E-state index in [2.05, 4.69) is 28.1 Å². The summed E-state index contributed by atoms with van der Waals surface area (Å²) in [5.41, 5.74) is 6.72. The maximum absolute atomic E-state index is 5.59. The van der Waals surface area contributed by atoms with Gasteiger partial charge in [-0.25, -0.2) is 0 Å². The first-order valence-electron chi connectivity index (χ1n) is 5.52. The standard InChI is InChI=1S/C11H20N4/c1-3-4-6-15(7-5-12)11-8-10(2)9-13-14-11/h8-9H,3-7,12H2,1-2H3. The summed E-state index contributed by atoms with van der Waals surface area (Å²) < 4.78 is 0. The fourth-order valence-corrected chi connectivity index (χ4v) is 1.45. The van der Waals surface area contributed by atoms with Gasteiger partial charge in [-0.05, 0) is 25.0 Å². The van der Waals surface area contributed by atoms with E-state index < -0.39 is 0 Å². The average Bonchev–Trinajstić information content (AvgIpc) is 2.24. The van der Waals surface area contributed by atoms with Crippen LogP contribution in [0.2, 0.25) is 0 Å². The van der Waals surface area contributed by atoms with E-state index in [1.54, 1.807) is 6.20 Å². The third kappa shape index (κ3) is 3.83. The van der Waals surface area contributed by atoms with Crippen LogP contribution < -0.4 is 10.6 Å². The summed E-state index contributed by atoms with van der Waals surface area (Å²) in [5, 5.41) is 8.09. The Bertz CT molecular complexity index is 288. The average molecular weight is 208 g/mol. The number of nitrogens with zero attached hydrogens (tertiary/aromatic N) is 3. The minimum atomic E-state index is 0.652. The molecule has 0 spiro atoms. The minimum absolute atomic E-state index is 0.652. The monoisotopic (exact) mass is 208 g/mol. The van der Waals surface area contributed by atoms with Gasteiger partial charge in [-0.2, -0.15) is 5.10 Å². The van der Waals surface area contributed by atoms with Gasteiger partial charge in [0.2, 0.25) is 0 Å². The van der Waals surface area contributed by atoms with Gasteiger partial charge in [-0.1, -0.05) is 13.3 Å². The summed E-state index contributed by atoms with van der Waals surface area (Å²) in [6.45, 7) is 6.71. The van der Waals surface area contributed by atoms with E-state index >= 15 is 0 Å². The lowest BCUT2D eigenvalue weighted by molar-refractivity contribution is 0.701. The van der Waals surface area contributed by atoms with E-state index in [0.717, 1.165) is 30.9 Å². The number of unbranched alkanes of at least 4 members (excludes halogenated alkanes) is 1. The van der Waals surface area contributed by atoms with Gasteiger partial charge in [-0.3, -0.25) is 0 Å². The lowest BCUT2D eigenvalue weighted by Gasteiger charge is -2.22. The van der Waals surface area contributed by atoms with Gasteiger partial charge in [0.15, 0.2) is 5.82 Å². The second-order valence-electron chi connectivity index (χ2n) is 3.72. The lowest BCUT2D eigenvalue weighted by atomic mass is 10.3. The molecule has 84 valence electrons. The van der Waals surface area contributed by atoms with Crippen LogP contribution in [0.4, 0.5) is 5.82 Å². The molecule has 0 amide bonds. The van der Waals surface area contributed by atoms with Crippen LogP contribution in [0, 0.1) is 6.92 Å². The normalized spacial score (nSPS) is 10.3. The quantitative estimate of drug-likeness (QED) is 0.766. The molecule has 0 radical (unpaired) electrons. The van der Waals surface area contributed by atoms with Gasteiger partial charge in [0.1, 0.15) is 0 Å². The van der Waals surface area contributed by atoms with E-state index in [9.17, 15) is 0 Å². The molecule has 0 saturated carbocycles. The zero-order chi connectivity index (χ0) is 11.1. The smallest absolute Gasteiger partial charge is 0.151 e. The highest BCUT2D eigenvalue weighted by Crippen LogP contribution is 2.11. The molecule has 2 N–H and O–H groups in total. The summed E-state index contributed by atoms with van der Waals surface area (Å²) in [6, 6.07) is 2.05. The fourth-order valence-electron chi connectivity index (χ4n) is 1.45. The number of aryl methyl sites for hydroxylation is 1. The van der Waals surface area contributed by atoms with Crippen LogP contribution in [0.15, 0.2) is 12.3 Å². The molecular formula is C11H20N4. The van der Waals surface area contributed by atoms with E-state index in [4.69, 9.17) is 5.73 Å². The molecule has 1 aromatic rings. The summed E-state index contributed by atoms with van der Waals surface area (Å²) in [6.07, 6.45) is 4.11. The molecule has 0 unspecified atom stereocenters. The van der Waals surface area contributed by atoms with Gasteiger partial charge in [0.25, 0.3) is 0 Å². The van der Waals surface area contributed by atoms with Crippen LogP contribution in [-0.2, 0) is 0 Å². The summed E-state index contributed by atoms with van der Waals surface area (Å²) in [5.74, 6) is 0.939. The fraction of sp³-hybridized carbons (Fsp3) is 0.636. The minimum Gasteiger partial charge on any atom is -0.354 e. The van der Waals surface area contributed by atoms with Gasteiger partial charge >= 0.3 is 0 Å². The number of hydrogen-bond donors (Lipinski definition) is 1. The molecule has 0 atom stereocenters. The molecule has 0 bridgehead atoms. The number of aromatic nitrogens is 2. The van der Waals surface area contributed by atoms with Crippen molar-refractivity contribution in [1.82, 2.24) is 10.2 Å². The van der Waals surface area contributed by atoms with Crippen molar-refractivity contribution < 1.29 is 0 Å². The molecule has 4 heteroatoms. The van der Waals surface area contributed by atoms with E-state index in [1.807, 2.05) is 6.92 Å². The Hall–Kier alpha value is -1.16. The van der Waals surface area contributed by atoms with Gasteiger partial charge in [0, 0.05) is 19.6 Å². The van der Waals surface area contributed by atoms with Crippen molar-refractivity contribution in [3.8, 4) is 0 Å². The highest BCUT2D eigenvalue weighted by Gasteiger charge is 2.06. The predicted molar refractivity (Wildman–Crippen MR) is 62.9 cm³/mol. The number of hydrogen-bond acceptors (Lipinski definition) is 4. The van der Waals surface area contributed by atoms with Crippen molar-refractivity contribution in [3.63, 3.8) is 0 Å². The molecule has 1 aromatic heterocycles. The van der Waals surface area contributed by atoms with E-state index in [0.29, 0.717) is 6.54 Å². The largest absolute Gasteiger partial charge is 0.354 e. The third-order valence-electron chi connectivity index (χ3n) is 2.28. The third-order valence-corrected chi connectivity index (χ3v) is 2.28. The van der Waals surface area contributed by atoms with Crippen LogP contribution >= 0.6 is 0 Å². The maximum Gasteiger partial charge on any atom is 0.151 e. The van der Waals surface area contributed by atoms with Gasteiger partial charge in [0.05, 0.1) is 6.20 Å². The highest BCUT2D eigenvalue weighted by atomic mass is 15.3. The Morgan fingerprint density at radius 3 is 2.80 bits per heavy atom. The van der Waals surface area contributed by atoms with Crippen molar-refractivity contribution in [1.29, 1.82) is 0 Å². The number of nitrogens with two attached hydrogens (primary N) is 1. The molecule has 0 fully saturated rings. The first-order valence-corrected chi connectivity index (χ1v) is 5.52. The van der Waals surface area contributed by atoms with Gasteiger partial charge < -0.3 is 10.6 Å². The predicted octanol–water partition coefficient (Wildman–Crippen LogP) is 1.35. The molecule has 0 saturated heterocycles. The van der Waals surface area contributed by atoms with Crippen molar-refractivity contribution in [2.45, 2.75) is 26.7 Å². The van der Waals surface area contributed by atoms with Gasteiger partial charge in [-0.15, -0.1) is 5.10 Å². The molecule has 0 aliphatic carbocycles. The SMILES string of the molecule is CCCCN(CCN)c1cc(C)cnn1. The Morgan fingerprint density at radius 2 is 2.20 bits per heavy atom. The molecule has 1 rings (SSSR count). The summed E-state index contributed by atoms with van der Waals surface area (Å²) in [7, 11) is 0. The highest BCUT2D eigenvalue weighted by molar-refractivity contribution is 5.38. The Balaban J connectivity index is 2.69. The molecule has 0 aromatic carbocycles. The Kier molecular flexibility index (Phi) is 5.04. The van der Waals surface area contributed by atoms with E-state index in [-0.39, 0.29) is 0 Å². The van der Waals surface area contributed by atoms with Crippen LogP contribution in [0.5, 0.6) is 0 Å². The van der Waals surface area contributed by atoms with Crippen molar-refractivity contribution in [2.75, 3.05) is 24.5 Å². The first-order chi connectivity index (χ1) is 7.27. The van der Waals surface area contributed by atoms with Crippen LogP contribution in [0.3, 0.4) is 0 Å². The first kappa shape index (κ1) is 11.9. The van der Waals surface area contributed by atoms with Crippen LogP contribution in [0.25, 0.3) is 0 Å². The van der Waals surface area contributed by atoms with Crippen LogP contribution in [0.1, 0.15) is 25.3 Å².